The lowest BCUT2D eigenvalue weighted by atomic mass is 9.99. The van der Waals surface area contributed by atoms with E-state index in [0.717, 1.165) is 5.56 Å². The van der Waals surface area contributed by atoms with Crippen molar-refractivity contribution in [3.8, 4) is 0 Å². The molecule has 0 N–H and O–H groups in total. The van der Waals surface area contributed by atoms with Gasteiger partial charge in [0, 0.05) is 13.5 Å². The number of carbonyl (C=O) groups excluding carboxylic acids is 1. The van der Waals surface area contributed by atoms with Crippen LogP contribution in [0, 0.1) is 5.82 Å². The normalized spacial score (nSPS) is 12.1. The van der Waals surface area contributed by atoms with Crippen molar-refractivity contribution in [1.82, 2.24) is 0 Å². The van der Waals surface area contributed by atoms with Crippen LogP contribution in [0.4, 0.5) is 4.39 Å². The maximum absolute atomic E-state index is 13.5. The van der Waals surface area contributed by atoms with Crippen LogP contribution in [0.1, 0.15) is 17.2 Å². The van der Waals surface area contributed by atoms with Gasteiger partial charge in [0.1, 0.15) is 11.9 Å². The van der Waals surface area contributed by atoms with Crippen LogP contribution in [0.2, 0.25) is 0 Å². The highest BCUT2D eigenvalue weighted by molar-refractivity contribution is 5.86. The van der Waals surface area contributed by atoms with Crippen LogP contribution in [0.25, 0.3) is 0 Å². The third-order valence-electron chi connectivity index (χ3n) is 2.95. The van der Waals surface area contributed by atoms with Crippen molar-refractivity contribution < 1.29 is 13.9 Å². The number of carbonyl (C=O) groups is 1. The van der Waals surface area contributed by atoms with Gasteiger partial charge in [-0.2, -0.15) is 0 Å². The lowest BCUT2D eigenvalue weighted by molar-refractivity contribution is -0.128. The third-order valence-corrected chi connectivity index (χ3v) is 2.95. The fraction of sp³-hybridized carbons (Fsp3) is 0.188. The standard InChI is InChI=1S/C16H15FO2/c1-19-16(12-7-3-2-4-8-12)15(18)11-13-9-5-6-10-14(13)17/h2-10,16H,11H2,1H3. The van der Waals surface area contributed by atoms with E-state index in [1.807, 2.05) is 30.3 Å². The van der Waals surface area contributed by atoms with Crippen LogP contribution < -0.4 is 0 Å². The Morgan fingerprint density at radius 1 is 1.11 bits per heavy atom. The monoisotopic (exact) mass is 258 g/mol. The third kappa shape index (κ3) is 3.26. The van der Waals surface area contributed by atoms with Gasteiger partial charge >= 0.3 is 0 Å². The molecule has 2 aromatic carbocycles. The predicted octanol–water partition coefficient (Wildman–Crippen LogP) is 3.33. The predicted molar refractivity (Wildman–Crippen MR) is 71.3 cm³/mol. The maximum Gasteiger partial charge on any atom is 0.170 e. The number of ether oxygens (including phenoxy) is 1. The molecule has 0 spiro atoms. The van der Waals surface area contributed by atoms with Crippen LogP contribution >= 0.6 is 0 Å². The van der Waals surface area contributed by atoms with E-state index in [0.29, 0.717) is 5.56 Å². The summed E-state index contributed by atoms with van der Waals surface area (Å²) in [6.07, 6.45) is -0.624. The number of methoxy groups -OCH3 is 1. The van der Waals surface area contributed by atoms with Gasteiger partial charge in [0.15, 0.2) is 5.78 Å². The zero-order valence-electron chi connectivity index (χ0n) is 10.7. The van der Waals surface area contributed by atoms with Gasteiger partial charge < -0.3 is 4.74 Å². The molecule has 0 aliphatic carbocycles. The Morgan fingerprint density at radius 2 is 1.74 bits per heavy atom. The fourth-order valence-corrected chi connectivity index (χ4v) is 2.00. The molecule has 0 saturated heterocycles. The van der Waals surface area contributed by atoms with Gasteiger partial charge in [-0.3, -0.25) is 4.79 Å². The highest BCUT2D eigenvalue weighted by Gasteiger charge is 2.20. The average molecular weight is 258 g/mol. The molecule has 3 heteroatoms. The van der Waals surface area contributed by atoms with E-state index in [2.05, 4.69) is 0 Å². The molecular weight excluding hydrogens is 243 g/mol. The Morgan fingerprint density at radius 3 is 2.37 bits per heavy atom. The molecule has 0 aliphatic heterocycles. The highest BCUT2D eigenvalue weighted by atomic mass is 19.1. The summed E-state index contributed by atoms with van der Waals surface area (Å²) >= 11 is 0. The van der Waals surface area contributed by atoms with Crippen molar-refractivity contribution in [2.45, 2.75) is 12.5 Å². The number of rotatable bonds is 5. The van der Waals surface area contributed by atoms with Crippen molar-refractivity contribution >= 4 is 5.78 Å². The van der Waals surface area contributed by atoms with E-state index in [9.17, 15) is 9.18 Å². The topological polar surface area (TPSA) is 26.3 Å². The summed E-state index contributed by atoms with van der Waals surface area (Å²) in [5.74, 6) is -0.516. The van der Waals surface area contributed by atoms with Gasteiger partial charge in [-0.05, 0) is 17.2 Å². The minimum atomic E-state index is -0.652. The van der Waals surface area contributed by atoms with E-state index < -0.39 is 6.10 Å². The van der Waals surface area contributed by atoms with Crippen molar-refractivity contribution in [2.24, 2.45) is 0 Å². The Hall–Kier alpha value is -2.00. The summed E-state index contributed by atoms with van der Waals surface area (Å²) in [5.41, 5.74) is 1.18. The molecule has 0 amide bonds. The van der Waals surface area contributed by atoms with E-state index in [4.69, 9.17) is 4.74 Å². The van der Waals surface area contributed by atoms with Gasteiger partial charge in [-0.25, -0.2) is 4.39 Å². The SMILES string of the molecule is COC(C(=O)Cc1ccccc1F)c1ccccc1. The van der Waals surface area contributed by atoms with Crippen LogP contribution in [0.3, 0.4) is 0 Å². The zero-order valence-corrected chi connectivity index (χ0v) is 10.7. The largest absolute Gasteiger partial charge is 0.369 e. The lowest BCUT2D eigenvalue weighted by Gasteiger charge is -2.14. The Bertz CT molecular complexity index is 552. The van der Waals surface area contributed by atoms with Crippen LogP contribution in [-0.4, -0.2) is 12.9 Å². The first kappa shape index (κ1) is 13.4. The first-order chi connectivity index (χ1) is 9.22. The smallest absolute Gasteiger partial charge is 0.170 e. The first-order valence-corrected chi connectivity index (χ1v) is 6.06. The van der Waals surface area contributed by atoms with E-state index in [-0.39, 0.29) is 18.0 Å². The number of hydrogen-bond acceptors (Lipinski definition) is 2. The van der Waals surface area contributed by atoms with Crippen LogP contribution in [0.5, 0.6) is 0 Å². The summed E-state index contributed by atoms with van der Waals surface area (Å²) in [7, 11) is 1.48. The number of halogens is 1. The molecule has 0 radical (unpaired) electrons. The Kier molecular flexibility index (Phi) is 4.42. The minimum absolute atomic E-state index is 0.0279. The molecule has 1 unspecified atom stereocenters. The number of benzene rings is 2. The van der Waals surface area contributed by atoms with E-state index in [1.165, 1.54) is 13.2 Å². The second kappa shape index (κ2) is 6.25. The Balaban J connectivity index is 2.17. The molecule has 0 bridgehead atoms. The van der Waals surface area contributed by atoms with Crippen LogP contribution in [0.15, 0.2) is 54.6 Å². The summed E-state index contributed by atoms with van der Waals surface area (Å²) in [6.45, 7) is 0. The van der Waals surface area contributed by atoms with Gasteiger partial charge in [0.05, 0.1) is 0 Å². The van der Waals surface area contributed by atoms with E-state index in [1.54, 1.807) is 18.2 Å². The molecule has 2 aromatic rings. The summed E-state index contributed by atoms with van der Waals surface area (Å²) in [6, 6.07) is 15.5. The van der Waals surface area contributed by atoms with Crippen molar-refractivity contribution in [3.05, 3.63) is 71.5 Å². The molecule has 0 heterocycles. The average Bonchev–Trinajstić information content (AvgIpc) is 2.43. The van der Waals surface area contributed by atoms with Crippen molar-refractivity contribution in [2.75, 3.05) is 7.11 Å². The molecule has 0 aromatic heterocycles. The molecule has 0 saturated carbocycles. The summed E-state index contributed by atoms with van der Waals surface area (Å²) in [5, 5.41) is 0. The minimum Gasteiger partial charge on any atom is -0.369 e. The second-order valence-electron chi connectivity index (χ2n) is 4.26. The molecule has 2 rings (SSSR count). The number of Topliss-reactive ketones (excluding diaryl/α,β-unsaturated/α-hetero) is 1. The van der Waals surface area contributed by atoms with Gasteiger partial charge in [0.25, 0.3) is 0 Å². The quantitative estimate of drug-likeness (QED) is 0.822. The van der Waals surface area contributed by atoms with E-state index >= 15 is 0 Å². The van der Waals surface area contributed by atoms with Gasteiger partial charge in [0.2, 0.25) is 0 Å². The molecule has 0 aliphatic rings. The first-order valence-electron chi connectivity index (χ1n) is 6.06. The van der Waals surface area contributed by atoms with Crippen molar-refractivity contribution in [3.63, 3.8) is 0 Å². The molecule has 1 atom stereocenters. The molecule has 19 heavy (non-hydrogen) atoms. The summed E-state index contributed by atoms with van der Waals surface area (Å²) < 4.78 is 18.8. The zero-order chi connectivity index (χ0) is 13.7. The van der Waals surface area contributed by atoms with Crippen LogP contribution in [-0.2, 0) is 16.0 Å². The van der Waals surface area contributed by atoms with Gasteiger partial charge in [-0.15, -0.1) is 0 Å². The lowest BCUT2D eigenvalue weighted by Crippen LogP contribution is -2.17. The molecule has 0 fully saturated rings. The Labute approximate surface area is 111 Å². The number of ketones is 1. The highest BCUT2D eigenvalue weighted by Crippen LogP contribution is 2.20. The molecule has 2 nitrogen and oxygen atoms in total. The van der Waals surface area contributed by atoms with Gasteiger partial charge in [-0.1, -0.05) is 48.5 Å². The summed E-state index contributed by atoms with van der Waals surface area (Å²) in [4.78, 5) is 12.2. The molecular formula is C16H15FO2. The number of hydrogen-bond donors (Lipinski definition) is 0. The maximum atomic E-state index is 13.5. The second-order valence-corrected chi connectivity index (χ2v) is 4.26. The van der Waals surface area contributed by atoms with Crippen molar-refractivity contribution in [1.29, 1.82) is 0 Å². The molecule has 98 valence electrons. The fourth-order valence-electron chi connectivity index (χ4n) is 2.00.